The van der Waals surface area contributed by atoms with Gasteiger partial charge < -0.3 is 21.5 Å². The van der Waals surface area contributed by atoms with E-state index < -0.39 is 17.9 Å². The van der Waals surface area contributed by atoms with Crippen LogP contribution in [-0.2, 0) is 14.4 Å². The third-order valence-corrected chi connectivity index (χ3v) is 3.66. The summed E-state index contributed by atoms with van der Waals surface area (Å²) in [6.45, 7) is 0. The SMILES string of the molecule is NC(=O)C[C@@H](NC(=O)C1CC2CCC1N2)C(=O)O. The Morgan fingerprint density at radius 1 is 1.39 bits per heavy atom. The highest BCUT2D eigenvalue weighted by molar-refractivity contribution is 5.89. The Morgan fingerprint density at radius 3 is 2.56 bits per heavy atom. The normalized spacial score (nSPS) is 31.0. The fourth-order valence-electron chi connectivity index (χ4n) is 2.79. The summed E-state index contributed by atoms with van der Waals surface area (Å²) >= 11 is 0. The fourth-order valence-corrected chi connectivity index (χ4v) is 2.79. The quantitative estimate of drug-likeness (QED) is 0.480. The topological polar surface area (TPSA) is 122 Å². The predicted octanol–water partition coefficient (Wildman–Crippen LogP) is -1.43. The van der Waals surface area contributed by atoms with Crippen molar-refractivity contribution < 1.29 is 19.5 Å². The molecule has 2 fully saturated rings. The molecule has 2 amide bonds. The van der Waals surface area contributed by atoms with Crippen molar-refractivity contribution in [2.24, 2.45) is 11.7 Å². The number of rotatable bonds is 5. The predicted molar refractivity (Wildman–Crippen MR) is 61.4 cm³/mol. The molecule has 2 aliphatic rings. The van der Waals surface area contributed by atoms with E-state index in [2.05, 4.69) is 10.6 Å². The zero-order chi connectivity index (χ0) is 13.3. The summed E-state index contributed by atoms with van der Waals surface area (Å²) in [6, 6.07) is -0.725. The average molecular weight is 255 g/mol. The molecule has 2 bridgehead atoms. The van der Waals surface area contributed by atoms with Crippen LogP contribution in [0.15, 0.2) is 0 Å². The minimum Gasteiger partial charge on any atom is -0.480 e. The molecular formula is C11H17N3O4. The number of carboxylic acid groups (broad SMARTS) is 1. The number of aliphatic carboxylic acids is 1. The second-order valence-corrected chi connectivity index (χ2v) is 4.96. The zero-order valence-corrected chi connectivity index (χ0v) is 9.89. The van der Waals surface area contributed by atoms with Gasteiger partial charge in [0.15, 0.2) is 0 Å². The minimum atomic E-state index is -1.24. The molecule has 0 radical (unpaired) electrons. The van der Waals surface area contributed by atoms with Gasteiger partial charge in [-0.3, -0.25) is 9.59 Å². The molecule has 2 aliphatic heterocycles. The summed E-state index contributed by atoms with van der Waals surface area (Å²) < 4.78 is 0. The number of carbonyl (C=O) groups excluding carboxylic acids is 2. The Kier molecular flexibility index (Phi) is 3.51. The van der Waals surface area contributed by atoms with Crippen LogP contribution in [0, 0.1) is 5.92 Å². The van der Waals surface area contributed by atoms with Gasteiger partial charge in [0.05, 0.1) is 12.3 Å². The van der Waals surface area contributed by atoms with Crippen LogP contribution in [0.25, 0.3) is 0 Å². The van der Waals surface area contributed by atoms with Gasteiger partial charge in [-0.25, -0.2) is 4.79 Å². The van der Waals surface area contributed by atoms with Crippen LogP contribution in [0.5, 0.6) is 0 Å². The molecule has 2 saturated heterocycles. The lowest BCUT2D eigenvalue weighted by Crippen LogP contribution is -2.47. The number of hydrogen-bond acceptors (Lipinski definition) is 4. The number of carboxylic acids is 1. The van der Waals surface area contributed by atoms with Crippen LogP contribution >= 0.6 is 0 Å². The van der Waals surface area contributed by atoms with Gasteiger partial charge in [0, 0.05) is 12.1 Å². The maximum absolute atomic E-state index is 12.0. The first-order valence-corrected chi connectivity index (χ1v) is 6.05. The van der Waals surface area contributed by atoms with Gasteiger partial charge in [-0.15, -0.1) is 0 Å². The van der Waals surface area contributed by atoms with Crippen LogP contribution < -0.4 is 16.4 Å². The molecule has 0 spiro atoms. The van der Waals surface area contributed by atoms with Crippen LogP contribution in [-0.4, -0.2) is 41.0 Å². The van der Waals surface area contributed by atoms with Crippen molar-refractivity contribution in [1.82, 2.24) is 10.6 Å². The molecule has 0 aliphatic carbocycles. The average Bonchev–Trinajstić information content (AvgIpc) is 2.88. The number of hydrogen-bond donors (Lipinski definition) is 4. The van der Waals surface area contributed by atoms with Crippen molar-refractivity contribution >= 4 is 17.8 Å². The van der Waals surface area contributed by atoms with Gasteiger partial charge in [-0.1, -0.05) is 0 Å². The van der Waals surface area contributed by atoms with Gasteiger partial charge in [0.25, 0.3) is 0 Å². The summed E-state index contributed by atoms with van der Waals surface area (Å²) in [7, 11) is 0. The van der Waals surface area contributed by atoms with E-state index in [-0.39, 0.29) is 24.3 Å². The molecule has 4 atom stereocenters. The van der Waals surface area contributed by atoms with E-state index in [9.17, 15) is 14.4 Å². The lowest BCUT2D eigenvalue weighted by Gasteiger charge is -2.21. The van der Waals surface area contributed by atoms with Crippen LogP contribution in [0.3, 0.4) is 0 Å². The standard InChI is InChI=1S/C11H17N3O4/c12-9(15)4-8(11(17)18)14-10(16)6-3-5-1-2-7(6)13-5/h5-8,13H,1-4H2,(H2,12,15)(H,14,16)(H,17,18)/t5?,6?,7?,8-/m1/s1. The van der Waals surface area contributed by atoms with Crippen LogP contribution in [0.4, 0.5) is 0 Å². The van der Waals surface area contributed by atoms with Crippen molar-refractivity contribution in [2.75, 3.05) is 0 Å². The lowest BCUT2D eigenvalue weighted by molar-refractivity contribution is -0.144. The van der Waals surface area contributed by atoms with Gasteiger partial charge in [0.1, 0.15) is 6.04 Å². The monoisotopic (exact) mass is 255 g/mol. The van der Waals surface area contributed by atoms with E-state index in [4.69, 9.17) is 10.8 Å². The number of amides is 2. The second-order valence-electron chi connectivity index (χ2n) is 4.96. The molecule has 0 aromatic heterocycles. The van der Waals surface area contributed by atoms with Crippen LogP contribution in [0.2, 0.25) is 0 Å². The molecule has 0 saturated carbocycles. The zero-order valence-electron chi connectivity index (χ0n) is 9.89. The lowest BCUT2D eigenvalue weighted by atomic mass is 9.88. The summed E-state index contributed by atoms with van der Waals surface area (Å²) in [4.78, 5) is 33.6. The number of fused-ring (bicyclic) bond motifs is 2. The Balaban J connectivity index is 1.92. The molecule has 7 nitrogen and oxygen atoms in total. The first kappa shape index (κ1) is 12.8. The van der Waals surface area contributed by atoms with Crippen molar-refractivity contribution in [3.63, 3.8) is 0 Å². The smallest absolute Gasteiger partial charge is 0.326 e. The van der Waals surface area contributed by atoms with E-state index in [1.165, 1.54) is 0 Å². The Hall–Kier alpha value is -1.63. The second kappa shape index (κ2) is 4.93. The van der Waals surface area contributed by atoms with Crippen molar-refractivity contribution in [2.45, 2.75) is 43.8 Å². The fraction of sp³-hybridized carbons (Fsp3) is 0.727. The van der Waals surface area contributed by atoms with Crippen molar-refractivity contribution in [3.05, 3.63) is 0 Å². The van der Waals surface area contributed by atoms with Crippen molar-refractivity contribution in [3.8, 4) is 0 Å². The number of primary amides is 1. The summed E-state index contributed by atoms with van der Waals surface area (Å²) in [5.41, 5.74) is 4.95. The van der Waals surface area contributed by atoms with E-state index in [0.717, 1.165) is 19.3 Å². The molecule has 7 heteroatoms. The maximum atomic E-state index is 12.0. The Labute approximate surface area is 104 Å². The Bertz CT molecular complexity index is 384. The molecule has 0 aromatic carbocycles. The van der Waals surface area contributed by atoms with Crippen LogP contribution in [0.1, 0.15) is 25.7 Å². The summed E-state index contributed by atoms with van der Waals surface area (Å²) in [5.74, 6) is -2.48. The third-order valence-electron chi connectivity index (χ3n) is 3.66. The summed E-state index contributed by atoms with van der Waals surface area (Å²) in [6.07, 6.45) is 2.36. The molecule has 18 heavy (non-hydrogen) atoms. The first-order valence-electron chi connectivity index (χ1n) is 6.05. The number of nitrogens with one attached hydrogen (secondary N) is 2. The molecule has 0 aromatic rings. The molecule has 100 valence electrons. The van der Waals surface area contributed by atoms with Gasteiger partial charge in [-0.05, 0) is 19.3 Å². The molecule has 5 N–H and O–H groups in total. The molecular weight excluding hydrogens is 238 g/mol. The summed E-state index contributed by atoms with van der Waals surface area (Å²) in [5, 5.41) is 14.6. The van der Waals surface area contributed by atoms with Crippen molar-refractivity contribution in [1.29, 1.82) is 0 Å². The van der Waals surface area contributed by atoms with E-state index >= 15 is 0 Å². The van der Waals surface area contributed by atoms with Gasteiger partial charge in [-0.2, -0.15) is 0 Å². The molecule has 2 heterocycles. The van der Waals surface area contributed by atoms with E-state index in [1.54, 1.807) is 0 Å². The third kappa shape index (κ3) is 2.61. The van der Waals surface area contributed by atoms with E-state index in [1.807, 2.05) is 0 Å². The minimum absolute atomic E-state index is 0.137. The van der Waals surface area contributed by atoms with E-state index in [0.29, 0.717) is 6.04 Å². The van der Waals surface area contributed by atoms with Gasteiger partial charge in [0.2, 0.25) is 11.8 Å². The number of carbonyl (C=O) groups is 3. The first-order chi connectivity index (χ1) is 8.47. The highest BCUT2D eigenvalue weighted by Gasteiger charge is 2.43. The van der Waals surface area contributed by atoms with Gasteiger partial charge >= 0.3 is 5.97 Å². The highest BCUT2D eigenvalue weighted by Crippen LogP contribution is 2.33. The Morgan fingerprint density at radius 2 is 2.11 bits per heavy atom. The molecule has 3 unspecified atom stereocenters. The number of nitrogens with two attached hydrogens (primary N) is 1. The molecule has 2 rings (SSSR count). The largest absolute Gasteiger partial charge is 0.480 e. The maximum Gasteiger partial charge on any atom is 0.326 e. The highest BCUT2D eigenvalue weighted by atomic mass is 16.4.